The second-order valence-electron chi connectivity index (χ2n) is 16.6. The summed E-state index contributed by atoms with van der Waals surface area (Å²) in [6.45, 7) is 37.5. The first-order valence-corrected chi connectivity index (χ1v) is 21.2. The summed E-state index contributed by atoms with van der Waals surface area (Å²) in [7, 11) is 0. The van der Waals surface area contributed by atoms with Crippen LogP contribution in [0.3, 0.4) is 0 Å². The Morgan fingerprint density at radius 1 is 0.459 bits per heavy atom. The lowest BCUT2D eigenvalue weighted by atomic mass is 10.1. The maximum absolute atomic E-state index is 9.63. The van der Waals surface area contributed by atoms with Crippen LogP contribution in [0, 0.1) is 81.9 Å². The summed E-state index contributed by atoms with van der Waals surface area (Å²) < 4.78 is 0. The van der Waals surface area contributed by atoms with E-state index in [1.807, 2.05) is 41.5 Å². The molecule has 0 saturated heterocycles. The summed E-state index contributed by atoms with van der Waals surface area (Å²) in [5.41, 5.74) is 5.17. The highest BCUT2D eigenvalue weighted by Crippen LogP contribution is 2.03. The molecule has 0 aromatic heterocycles. The molecule has 0 rings (SSSR count). The van der Waals surface area contributed by atoms with Gasteiger partial charge in [-0.2, -0.15) is 0 Å². The Labute approximate surface area is 368 Å². The summed E-state index contributed by atoms with van der Waals surface area (Å²) >= 11 is 0. The van der Waals surface area contributed by atoms with Crippen molar-refractivity contribution >= 4 is 0 Å². The molecular weight excluding hydrogens is 806 g/mol. The monoisotopic (exact) mass is 902 g/mol. The van der Waals surface area contributed by atoms with Gasteiger partial charge in [0.25, 0.3) is 20.3 Å². The van der Waals surface area contributed by atoms with Crippen LogP contribution in [0.15, 0.2) is 0 Å². The van der Waals surface area contributed by atoms with Gasteiger partial charge in [0.05, 0.1) is 19.8 Å². The minimum Gasteiger partial charge on any atom is -0.396 e. The minimum absolute atomic E-state index is 0.167. The molecule has 0 atom stereocenters. The van der Waals surface area contributed by atoms with Crippen LogP contribution in [0.1, 0.15) is 163 Å². The van der Waals surface area contributed by atoms with Gasteiger partial charge in [0.2, 0.25) is 0 Å². The van der Waals surface area contributed by atoms with Crippen LogP contribution >= 0.6 is 0 Å². The van der Waals surface area contributed by atoms with Crippen LogP contribution in [0.2, 0.25) is 0 Å². The molecule has 0 heterocycles. The molecule has 0 aromatic carbocycles. The van der Waals surface area contributed by atoms with Gasteiger partial charge in [0.15, 0.2) is 0 Å². The van der Waals surface area contributed by atoms with E-state index in [1.54, 1.807) is 27.7 Å². The standard InChI is InChI=1S/C6H13NO3.C6H14O.C5H11NO3.C5H12O.C4H9NO3.C4H11N.C4H10O.C3H7NO3.C3H8O/c1-6(2)4-3-5-10-7(8)9;1-6(2)4-3-5-7;1-5(2)3-4-9-6(7)8;1-5(2)3-4-6;1-4(2)3-8-5(6)7;2*1-4(2)3-5;1-3(2)7-4(5)6;1-3(2)4/h6H,3-5H2,1-2H3;6-7H,3-5H2,1-2H3;5H,3-4H2,1-2H3;5-6H,3-4H2,1-2H3;4H,3H2,1-2H3;4H,3,5H2,1-2H3;4-5H,3H2,1-2H3;3H,1-2H3;3-4H,1-2H3. The van der Waals surface area contributed by atoms with Crippen molar-refractivity contribution < 1.29 is 60.1 Å². The van der Waals surface area contributed by atoms with Crippen molar-refractivity contribution in [2.24, 2.45) is 47.2 Å². The average molecular weight is 902 g/mol. The Kier molecular flexibility index (Phi) is 81.0. The Balaban J connectivity index is -0.0000000721. The number of aliphatic hydroxyl groups is 4. The maximum Gasteiger partial charge on any atom is 0.294 e. The summed E-state index contributed by atoms with van der Waals surface area (Å²) in [5, 5.41) is 67.7. The quantitative estimate of drug-likeness (QED) is 0.0410. The second-order valence-corrected chi connectivity index (χ2v) is 16.6. The van der Waals surface area contributed by atoms with Crippen LogP contribution in [0.4, 0.5) is 0 Å². The van der Waals surface area contributed by atoms with Gasteiger partial charge in [-0.25, -0.2) is 0 Å². The number of hydrogen-bond donors (Lipinski definition) is 5. The van der Waals surface area contributed by atoms with Gasteiger partial charge >= 0.3 is 0 Å². The van der Waals surface area contributed by atoms with E-state index in [-0.39, 0.29) is 37.9 Å². The summed E-state index contributed by atoms with van der Waals surface area (Å²) in [6.07, 6.45) is 5.02. The first kappa shape index (κ1) is 78.1. The predicted octanol–water partition coefficient (Wildman–Crippen LogP) is 8.39. The SMILES string of the molecule is CC(C)CCCO.CC(C)CCCO[N+](=O)[O-].CC(C)CCO.CC(C)CCO[N+](=O)[O-].CC(C)CN.CC(C)CO.CC(C)CO[N+](=O)[O-].CC(C)O.CC(C)O[N+](=O)[O-]. The van der Waals surface area contributed by atoms with E-state index < -0.39 is 20.3 Å². The lowest BCUT2D eigenvalue weighted by molar-refractivity contribution is -0.766. The third-order valence-corrected chi connectivity index (χ3v) is 5.31. The normalized spacial score (nSPS) is 9.64. The third kappa shape index (κ3) is 193. The molecule has 0 spiro atoms. The molecular formula is C40H95N5O16. The van der Waals surface area contributed by atoms with Crippen molar-refractivity contribution in [3.8, 4) is 0 Å². The zero-order valence-corrected chi connectivity index (χ0v) is 41.4. The Morgan fingerprint density at radius 2 is 0.787 bits per heavy atom. The lowest BCUT2D eigenvalue weighted by Gasteiger charge is -2.01. The summed E-state index contributed by atoms with van der Waals surface area (Å²) in [5.74, 6) is 3.77. The summed E-state index contributed by atoms with van der Waals surface area (Å²) in [6, 6.07) is 0. The fourth-order valence-corrected chi connectivity index (χ4v) is 2.13. The van der Waals surface area contributed by atoms with Gasteiger partial charge in [-0.05, 0) is 114 Å². The number of aliphatic hydroxyl groups excluding tert-OH is 4. The van der Waals surface area contributed by atoms with Crippen molar-refractivity contribution in [1.29, 1.82) is 0 Å². The van der Waals surface area contributed by atoms with Gasteiger partial charge in [0, 0.05) is 25.9 Å². The third-order valence-electron chi connectivity index (χ3n) is 5.31. The zero-order valence-electron chi connectivity index (χ0n) is 41.4. The summed E-state index contributed by atoms with van der Waals surface area (Å²) in [4.78, 5) is 54.3. The van der Waals surface area contributed by atoms with Crippen LogP contribution in [-0.4, -0.2) is 99.2 Å². The number of hydrogen-bond acceptors (Lipinski definition) is 17. The Morgan fingerprint density at radius 3 is 0.934 bits per heavy atom. The molecule has 0 aliphatic carbocycles. The molecule has 376 valence electrons. The molecule has 0 unspecified atom stereocenters. The van der Waals surface area contributed by atoms with Crippen LogP contribution < -0.4 is 5.73 Å². The molecule has 61 heavy (non-hydrogen) atoms. The van der Waals surface area contributed by atoms with Gasteiger partial charge in [-0.15, -0.1) is 40.5 Å². The van der Waals surface area contributed by atoms with Gasteiger partial charge in [-0.1, -0.05) is 96.9 Å². The molecule has 21 nitrogen and oxygen atoms in total. The maximum atomic E-state index is 9.63. The molecule has 0 saturated carbocycles. The van der Waals surface area contributed by atoms with Crippen molar-refractivity contribution in [3.63, 3.8) is 0 Å². The van der Waals surface area contributed by atoms with Crippen molar-refractivity contribution in [2.75, 3.05) is 46.2 Å². The molecule has 0 radical (unpaired) electrons. The molecule has 0 aliphatic rings. The average Bonchev–Trinajstić information content (AvgIpc) is 3.09. The topological polar surface area (TPSA) is 316 Å². The van der Waals surface area contributed by atoms with Crippen molar-refractivity contribution in [1.82, 2.24) is 0 Å². The van der Waals surface area contributed by atoms with Crippen LogP contribution in [0.5, 0.6) is 0 Å². The molecule has 0 bridgehead atoms. The largest absolute Gasteiger partial charge is 0.396 e. The van der Waals surface area contributed by atoms with E-state index in [0.717, 1.165) is 51.0 Å². The first-order valence-electron chi connectivity index (χ1n) is 21.2. The van der Waals surface area contributed by atoms with Gasteiger partial charge in [0.1, 0.15) is 6.10 Å². The van der Waals surface area contributed by atoms with E-state index in [4.69, 9.17) is 26.2 Å². The number of rotatable bonds is 21. The predicted molar refractivity (Wildman–Crippen MR) is 241 cm³/mol. The highest BCUT2D eigenvalue weighted by Gasteiger charge is 1.98. The molecule has 0 aliphatic heterocycles. The van der Waals surface area contributed by atoms with Gasteiger partial charge < -0.3 is 45.5 Å². The van der Waals surface area contributed by atoms with Crippen LogP contribution in [-0.2, 0) is 19.4 Å². The minimum atomic E-state index is -0.801. The number of nitrogens with zero attached hydrogens (tertiary/aromatic N) is 4. The van der Waals surface area contributed by atoms with E-state index >= 15 is 0 Å². The number of nitrogens with two attached hydrogens (primary N) is 1. The Bertz CT molecular complexity index is 856. The molecule has 0 aromatic rings. The van der Waals surface area contributed by atoms with Crippen molar-refractivity contribution in [2.45, 2.75) is 175 Å². The first-order chi connectivity index (χ1) is 27.8. The van der Waals surface area contributed by atoms with E-state index in [2.05, 4.69) is 74.7 Å². The van der Waals surface area contributed by atoms with E-state index in [0.29, 0.717) is 49.4 Å². The highest BCUT2D eigenvalue weighted by molar-refractivity contribution is 4.44. The van der Waals surface area contributed by atoms with Crippen LogP contribution in [0.25, 0.3) is 0 Å². The fourth-order valence-electron chi connectivity index (χ4n) is 2.13. The van der Waals surface area contributed by atoms with E-state index in [9.17, 15) is 40.5 Å². The Hall–Kier alpha value is -3.40. The van der Waals surface area contributed by atoms with E-state index in [1.165, 1.54) is 0 Å². The van der Waals surface area contributed by atoms with Gasteiger partial charge in [-0.3, -0.25) is 0 Å². The highest BCUT2D eigenvalue weighted by atomic mass is 17.0. The van der Waals surface area contributed by atoms with Crippen molar-refractivity contribution in [3.05, 3.63) is 40.5 Å². The molecule has 0 fully saturated rings. The second kappa shape index (κ2) is 63.2. The lowest BCUT2D eigenvalue weighted by Crippen LogP contribution is -2.07. The smallest absolute Gasteiger partial charge is 0.294 e. The molecule has 21 heteroatoms. The fraction of sp³-hybridized carbons (Fsp3) is 1.00. The molecule has 0 amide bonds. The zero-order chi connectivity index (χ0) is 50.5. The molecule has 6 N–H and O–H groups in total.